The van der Waals surface area contributed by atoms with Gasteiger partial charge in [0.2, 0.25) is 11.2 Å². The van der Waals surface area contributed by atoms with Crippen LogP contribution in [0.3, 0.4) is 0 Å². The molecule has 0 bridgehead atoms. The third kappa shape index (κ3) is 3.98. The van der Waals surface area contributed by atoms with Gasteiger partial charge < -0.3 is 13.9 Å². The van der Waals surface area contributed by atoms with E-state index in [1.165, 1.54) is 60.7 Å². The summed E-state index contributed by atoms with van der Waals surface area (Å²) in [7, 11) is 0. The van der Waals surface area contributed by atoms with Gasteiger partial charge in [-0.05, 0) is 54.6 Å². The molecule has 0 aliphatic rings. The van der Waals surface area contributed by atoms with Gasteiger partial charge in [-0.25, -0.2) is 13.6 Å². The van der Waals surface area contributed by atoms with Gasteiger partial charge >= 0.3 is 5.97 Å². The van der Waals surface area contributed by atoms with Gasteiger partial charge in [0.15, 0.2) is 0 Å². The maximum atomic E-state index is 13.2. The van der Waals surface area contributed by atoms with Gasteiger partial charge in [-0.1, -0.05) is 6.07 Å². The zero-order valence-electron chi connectivity index (χ0n) is 14.7. The highest BCUT2D eigenvalue weighted by atomic mass is 19.1. The van der Waals surface area contributed by atoms with Crippen molar-refractivity contribution in [2.24, 2.45) is 0 Å². The molecule has 7 heteroatoms. The standard InChI is InChI=1S/C22H12F2O5/c23-14-4-6-16(7-5-14)28-20-12-27-19-11-17(8-9-18(19)21(20)25)29-22(26)13-2-1-3-15(24)10-13/h1-12H. The van der Waals surface area contributed by atoms with Crippen molar-refractivity contribution in [2.45, 2.75) is 0 Å². The van der Waals surface area contributed by atoms with Gasteiger partial charge in [-0.3, -0.25) is 4.79 Å². The summed E-state index contributed by atoms with van der Waals surface area (Å²) >= 11 is 0. The van der Waals surface area contributed by atoms with Crippen molar-refractivity contribution < 1.29 is 27.5 Å². The molecule has 0 unspecified atom stereocenters. The van der Waals surface area contributed by atoms with Crippen LogP contribution >= 0.6 is 0 Å². The van der Waals surface area contributed by atoms with Crippen molar-refractivity contribution in [3.05, 3.63) is 100 Å². The Hall–Kier alpha value is -4.00. The summed E-state index contributed by atoms with van der Waals surface area (Å²) in [4.78, 5) is 24.7. The molecule has 0 atom stereocenters. The quantitative estimate of drug-likeness (QED) is 0.357. The topological polar surface area (TPSA) is 65.7 Å². The molecule has 4 aromatic rings. The average Bonchev–Trinajstić information content (AvgIpc) is 2.72. The Bertz CT molecular complexity index is 1260. The smallest absolute Gasteiger partial charge is 0.343 e. The van der Waals surface area contributed by atoms with Crippen molar-refractivity contribution in [1.29, 1.82) is 0 Å². The third-order valence-electron chi connectivity index (χ3n) is 4.03. The lowest BCUT2D eigenvalue weighted by molar-refractivity contribution is 0.0734. The molecular weight excluding hydrogens is 382 g/mol. The van der Waals surface area contributed by atoms with E-state index in [1.54, 1.807) is 0 Å². The second-order valence-electron chi connectivity index (χ2n) is 6.04. The molecule has 0 amide bonds. The second kappa shape index (κ2) is 7.55. The van der Waals surface area contributed by atoms with E-state index in [4.69, 9.17) is 13.9 Å². The lowest BCUT2D eigenvalue weighted by atomic mass is 10.2. The number of benzene rings is 3. The molecule has 1 heterocycles. The Balaban J connectivity index is 1.59. The Morgan fingerprint density at radius 3 is 2.38 bits per heavy atom. The van der Waals surface area contributed by atoms with E-state index in [0.717, 1.165) is 12.3 Å². The van der Waals surface area contributed by atoms with Gasteiger partial charge in [-0.2, -0.15) is 0 Å². The lowest BCUT2D eigenvalue weighted by Crippen LogP contribution is -2.09. The Morgan fingerprint density at radius 1 is 0.862 bits per heavy atom. The molecule has 0 saturated heterocycles. The largest absolute Gasteiger partial charge is 0.460 e. The molecule has 0 aliphatic heterocycles. The summed E-state index contributed by atoms with van der Waals surface area (Å²) < 4.78 is 42.3. The number of hydrogen-bond acceptors (Lipinski definition) is 5. The normalized spacial score (nSPS) is 10.7. The molecule has 0 N–H and O–H groups in total. The lowest BCUT2D eigenvalue weighted by Gasteiger charge is -2.07. The fraction of sp³-hybridized carbons (Fsp3) is 0. The van der Waals surface area contributed by atoms with Crippen LogP contribution in [0.25, 0.3) is 11.0 Å². The number of hydrogen-bond donors (Lipinski definition) is 0. The highest BCUT2D eigenvalue weighted by Crippen LogP contribution is 2.24. The Kier molecular flexibility index (Phi) is 4.78. The first-order valence-corrected chi connectivity index (χ1v) is 8.46. The molecule has 0 spiro atoms. The van der Waals surface area contributed by atoms with Crippen LogP contribution in [0, 0.1) is 11.6 Å². The van der Waals surface area contributed by atoms with Gasteiger partial charge in [0.1, 0.15) is 35.0 Å². The van der Waals surface area contributed by atoms with Crippen molar-refractivity contribution >= 4 is 16.9 Å². The van der Waals surface area contributed by atoms with Crippen LogP contribution in [0.4, 0.5) is 8.78 Å². The molecule has 0 saturated carbocycles. The first kappa shape index (κ1) is 18.4. The number of esters is 1. The molecule has 3 aromatic carbocycles. The van der Waals surface area contributed by atoms with E-state index >= 15 is 0 Å². The van der Waals surface area contributed by atoms with Crippen LogP contribution in [0.15, 0.2) is 82.2 Å². The highest BCUT2D eigenvalue weighted by Gasteiger charge is 2.13. The zero-order valence-corrected chi connectivity index (χ0v) is 14.7. The summed E-state index contributed by atoms with van der Waals surface area (Å²) in [6.07, 6.45) is 1.12. The van der Waals surface area contributed by atoms with Crippen LogP contribution in [0.5, 0.6) is 17.2 Å². The highest BCUT2D eigenvalue weighted by molar-refractivity contribution is 5.91. The fourth-order valence-electron chi connectivity index (χ4n) is 2.64. The van der Waals surface area contributed by atoms with Crippen molar-refractivity contribution in [1.82, 2.24) is 0 Å². The summed E-state index contributed by atoms with van der Waals surface area (Å²) in [5, 5.41) is 0.204. The van der Waals surface area contributed by atoms with Crippen molar-refractivity contribution in [2.75, 3.05) is 0 Å². The average molecular weight is 394 g/mol. The number of ether oxygens (including phenoxy) is 2. The first-order chi connectivity index (χ1) is 14.0. The maximum absolute atomic E-state index is 13.2. The molecule has 29 heavy (non-hydrogen) atoms. The Labute approximate surface area is 162 Å². The van der Waals surface area contributed by atoms with Crippen LogP contribution in [-0.4, -0.2) is 5.97 Å². The monoisotopic (exact) mass is 394 g/mol. The number of carbonyl (C=O) groups is 1. The molecule has 1 aromatic heterocycles. The molecular formula is C22H12F2O5. The molecule has 0 aliphatic carbocycles. The van der Waals surface area contributed by atoms with E-state index < -0.39 is 23.0 Å². The minimum Gasteiger partial charge on any atom is -0.460 e. The molecule has 0 radical (unpaired) electrons. The second-order valence-corrected chi connectivity index (χ2v) is 6.04. The van der Waals surface area contributed by atoms with E-state index in [0.29, 0.717) is 0 Å². The minimum atomic E-state index is -0.748. The van der Waals surface area contributed by atoms with E-state index in [1.807, 2.05) is 0 Å². The van der Waals surface area contributed by atoms with E-state index in [9.17, 15) is 18.4 Å². The summed E-state index contributed by atoms with van der Waals surface area (Å²) in [5.41, 5.74) is -0.223. The van der Waals surface area contributed by atoms with Crippen LogP contribution in [0.1, 0.15) is 10.4 Å². The SMILES string of the molecule is O=C(Oc1ccc2c(=O)c(Oc3ccc(F)cc3)coc2c1)c1cccc(F)c1. The molecule has 5 nitrogen and oxygen atoms in total. The van der Waals surface area contributed by atoms with Crippen LogP contribution in [-0.2, 0) is 0 Å². The van der Waals surface area contributed by atoms with Crippen LogP contribution < -0.4 is 14.9 Å². The van der Waals surface area contributed by atoms with Crippen molar-refractivity contribution in [3.63, 3.8) is 0 Å². The summed E-state index contributed by atoms with van der Waals surface area (Å²) in [5.74, 6) is -1.40. The predicted octanol–water partition coefficient (Wildman–Crippen LogP) is 5.08. The first-order valence-electron chi connectivity index (χ1n) is 8.46. The van der Waals surface area contributed by atoms with Crippen LogP contribution in [0.2, 0.25) is 0 Å². The summed E-state index contributed by atoms with van der Waals surface area (Å²) in [6.45, 7) is 0. The Morgan fingerprint density at radius 2 is 1.62 bits per heavy atom. The third-order valence-corrected chi connectivity index (χ3v) is 4.03. The van der Waals surface area contributed by atoms with Gasteiger partial charge in [0.05, 0.1) is 10.9 Å². The predicted molar refractivity (Wildman–Crippen MR) is 100 cm³/mol. The molecule has 0 fully saturated rings. The van der Waals surface area contributed by atoms with E-state index in [2.05, 4.69) is 0 Å². The van der Waals surface area contributed by atoms with Crippen molar-refractivity contribution in [3.8, 4) is 17.2 Å². The van der Waals surface area contributed by atoms with Gasteiger partial charge in [0.25, 0.3) is 0 Å². The van der Waals surface area contributed by atoms with Gasteiger partial charge in [-0.15, -0.1) is 0 Å². The summed E-state index contributed by atoms with van der Waals surface area (Å²) in [6, 6.07) is 14.5. The molecule has 144 valence electrons. The van der Waals surface area contributed by atoms with Gasteiger partial charge in [0, 0.05) is 6.07 Å². The number of rotatable bonds is 4. The number of carbonyl (C=O) groups excluding carboxylic acids is 1. The minimum absolute atomic E-state index is 0.0506. The zero-order chi connectivity index (χ0) is 20.4. The number of halogens is 2. The number of fused-ring (bicyclic) bond motifs is 1. The molecule has 4 rings (SSSR count). The van der Waals surface area contributed by atoms with E-state index in [-0.39, 0.29) is 33.8 Å². The maximum Gasteiger partial charge on any atom is 0.343 e. The fourth-order valence-corrected chi connectivity index (χ4v) is 2.64.